The SMILES string of the molecule is Nc1ccc(-c2ccc3cccc4c3c2C(=O)NC4=O)cc1[N+](=O)[O-]. The second-order valence-corrected chi connectivity index (χ2v) is 5.71. The summed E-state index contributed by atoms with van der Waals surface area (Å²) in [5.41, 5.74) is 7.18. The molecule has 0 bridgehead atoms. The summed E-state index contributed by atoms with van der Waals surface area (Å²) >= 11 is 0. The van der Waals surface area contributed by atoms with Crippen LogP contribution in [0.3, 0.4) is 0 Å². The molecule has 0 atom stereocenters. The van der Waals surface area contributed by atoms with Crippen LogP contribution in [-0.4, -0.2) is 16.7 Å². The summed E-state index contributed by atoms with van der Waals surface area (Å²) in [5, 5.41) is 14.8. The zero-order valence-electron chi connectivity index (χ0n) is 12.8. The number of benzene rings is 3. The zero-order valence-corrected chi connectivity index (χ0v) is 12.8. The van der Waals surface area contributed by atoms with Crippen molar-refractivity contribution in [3.8, 4) is 11.1 Å². The summed E-state index contributed by atoms with van der Waals surface area (Å²) in [6.45, 7) is 0. The van der Waals surface area contributed by atoms with E-state index in [1.165, 1.54) is 12.1 Å². The smallest absolute Gasteiger partial charge is 0.292 e. The number of carbonyl (C=O) groups excluding carboxylic acids is 2. The van der Waals surface area contributed by atoms with E-state index in [0.717, 1.165) is 5.39 Å². The van der Waals surface area contributed by atoms with E-state index in [1.54, 1.807) is 30.3 Å². The Labute approximate surface area is 141 Å². The van der Waals surface area contributed by atoms with E-state index in [9.17, 15) is 19.7 Å². The molecular weight excluding hydrogens is 322 g/mol. The number of nitro benzene ring substituents is 1. The average Bonchev–Trinajstić information content (AvgIpc) is 2.59. The van der Waals surface area contributed by atoms with E-state index >= 15 is 0 Å². The first-order chi connectivity index (χ1) is 12.0. The highest BCUT2D eigenvalue weighted by molar-refractivity contribution is 6.27. The summed E-state index contributed by atoms with van der Waals surface area (Å²) in [6, 6.07) is 13.1. The standard InChI is InChI=1S/C18H11N3O4/c19-13-7-5-10(8-14(13)21(24)25)11-6-4-9-2-1-3-12-15(9)16(11)18(23)20-17(12)22/h1-8H,19H2,(H,20,22,23). The lowest BCUT2D eigenvalue weighted by Gasteiger charge is -2.19. The third kappa shape index (κ3) is 2.13. The number of nitrogens with two attached hydrogens (primary N) is 1. The molecular formula is C18H11N3O4. The van der Waals surface area contributed by atoms with Crippen LogP contribution in [0.5, 0.6) is 0 Å². The minimum atomic E-state index is -0.569. The van der Waals surface area contributed by atoms with Crippen molar-refractivity contribution in [3.63, 3.8) is 0 Å². The lowest BCUT2D eigenvalue weighted by Crippen LogP contribution is -2.35. The van der Waals surface area contributed by atoms with Crippen LogP contribution >= 0.6 is 0 Å². The zero-order chi connectivity index (χ0) is 17.7. The van der Waals surface area contributed by atoms with E-state index in [4.69, 9.17) is 5.73 Å². The Morgan fingerprint density at radius 3 is 2.52 bits per heavy atom. The summed E-state index contributed by atoms with van der Waals surface area (Å²) in [6.07, 6.45) is 0. The van der Waals surface area contributed by atoms with Crippen LogP contribution in [0.2, 0.25) is 0 Å². The Hall–Kier alpha value is -3.74. The highest BCUT2D eigenvalue weighted by Crippen LogP contribution is 2.36. The summed E-state index contributed by atoms with van der Waals surface area (Å²) in [5.74, 6) is -0.979. The minimum absolute atomic E-state index is 0.0449. The summed E-state index contributed by atoms with van der Waals surface area (Å²) in [4.78, 5) is 35.1. The highest BCUT2D eigenvalue weighted by atomic mass is 16.6. The first-order valence-corrected chi connectivity index (χ1v) is 7.43. The van der Waals surface area contributed by atoms with E-state index < -0.39 is 16.7 Å². The molecule has 0 aromatic heterocycles. The molecule has 3 aromatic carbocycles. The van der Waals surface area contributed by atoms with Gasteiger partial charge < -0.3 is 5.73 Å². The maximum atomic E-state index is 12.5. The van der Waals surface area contributed by atoms with E-state index in [0.29, 0.717) is 27.6 Å². The van der Waals surface area contributed by atoms with Crippen molar-refractivity contribution < 1.29 is 14.5 Å². The van der Waals surface area contributed by atoms with Crippen LogP contribution in [0.1, 0.15) is 20.7 Å². The molecule has 1 aliphatic heterocycles. The molecule has 2 amide bonds. The molecule has 0 aliphatic carbocycles. The van der Waals surface area contributed by atoms with Gasteiger partial charge in [-0.1, -0.05) is 30.3 Å². The van der Waals surface area contributed by atoms with E-state index in [2.05, 4.69) is 5.32 Å². The number of nitrogens with zero attached hydrogens (tertiary/aromatic N) is 1. The minimum Gasteiger partial charge on any atom is -0.393 e. The number of nitro groups is 1. The average molecular weight is 333 g/mol. The second kappa shape index (κ2) is 5.13. The predicted octanol–water partition coefficient (Wildman–Crippen LogP) is 2.88. The van der Waals surface area contributed by atoms with Gasteiger partial charge in [0.05, 0.1) is 10.5 Å². The molecule has 7 nitrogen and oxygen atoms in total. The predicted molar refractivity (Wildman–Crippen MR) is 92.2 cm³/mol. The van der Waals surface area contributed by atoms with Gasteiger partial charge in [-0.3, -0.25) is 25.0 Å². The Kier molecular flexibility index (Phi) is 3.04. The van der Waals surface area contributed by atoms with Crippen molar-refractivity contribution in [2.45, 2.75) is 0 Å². The molecule has 1 aliphatic rings. The molecule has 4 rings (SSSR count). The number of anilines is 1. The fourth-order valence-corrected chi connectivity index (χ4v) is 3.15. The maximum absolute atomic E-state index is 12.5. The van der Waals surface area contributed by atoms with E-state index in [1.807, 2.05) is 6.07 Å². The molecule has 0 radical (unpaired) electrons. The number of nitrogens with one attached hydrogen (secondary N) is 1. The number of nitrogen functional groups attached to an aromatic ring is 1. The maximum Gasteiger partial charge on any atom is 0.292 e. The van der Waals surface area contributed by atoms with Gasteiger partial charge in [-0.2, -0.15) is 0 Å². The van der Waals surface area contributed by atoms with Crippen LogP contribution in [0, 0.1) is 10.1 Å². The van der Waals surface area contributed by atoms with Gasteiger partial charge in [-0.05, 0) is 28.6 Å². The highest BCUT2D eigenvalue weighted by Gasteiger charge is 2.28. The van der Waals surface area contributed by atoms with Gasteiger partial charge >= 0.3 is 0 Å². The van der Waals surface area contributed by atoms with Gasteiger partial charge in [0.25, 0.3) is 17.5 Å². The fourth-order valence-electron chi connectivity index (χ4n) is 3.15. The van der Waals surface area contributed by atoms with Gasteiger partial charge in [-0.15, -0.1) is 0 Å². The topological polar surface area (TPSA) is 115 Å². The molecule has 7 heteroatoms. The van der Waals surface area contributed by atoms with Gasteiger partial charge in [0.1, 0.15) is 5.69 Å². The third-order valence-electron chi connectivity index (χ3n) is 4.28. The van der Waals surface area contributed by atoms with Crippen LogP contribution in [0.4, 0.5) is 11.4 Å². The third-order valence-corrected chi connectivity index (χ3v) is 4.28. The van der Waals surface area contributed by atoms with Gasteiger partial charge in [0, 0.05) is 17.0 Å². The monoisotopic (exact) mass is 333 g/mol. The van der Waals surface area contributed by atoms with Crippen molar-refractivity contribution in [2.24, 2.45) is 0 Å². The van der Waals surface area contributed by atoms with Gasteiger partial charge in [0.15, 0.2) is 0 Å². The molecule has 3 N–H and O–H groups in total. The van der Waals surface area contributed by atoms with Crippen molar-refractivity contribution in [3.05, 3.63) is 69.8 Å². The molecule has 0 fully saturated rings. The van der Waals surface area contributed by atoms with Crippen molar-refractivity contribution in [1.82, 2.24) is 5.32 Å². The molecule has 0 saturated carbocycles. The Morgan fingerprint density at radius 2 is 1.76 bits per heavy atom. The second-order valence-electron chi connectivity index (χ2n) is 5.71. The Bertz CT molecular complexity index is 1100. The number of carbonyl (C=O) groups is 2. The lowest BCUT2D eigenvalue weighted by atomic mass is 9.88. The Balaban J connectivity index is 2.07. The van der Waals surface area contributed by atoms with Gasteiger partial charge in [-0.25, -0.2) is 0 Å². The molecule has 1 heterocycles. The van der Waals surface area contributed by atoms with E-state index in [-0.39, 0.29) is 11.4 Å². The van der Waals surface area contributed by atoms with Crippen LogP contribution < -0.4 is 11.1 Å². The lowest BCUT2D eigenvalue weighted by molar-refractivity contribution is -0.383. The van der Waals surface area contributed by atoms with Gasteiger partial charge in [0.2, 0.25) is 0 Å². The Morgan fingerprint density at radius 1 is 0.960 bits per heavy atom. The first kappa shape index (κ1) is 14.8. The number of hydrogen-bond acceptors (Lipinski definition) is 5. The fraction of sp³-hybridized carbons (Fsp3) is 0. The first-order valence-electron chi connectivity index (χ1n) is 7.43. The number of rotatable bonds is 2. The largest absolute Gasteiger partial charge is 0.393 e. The molecule has 122 valence electrons. The quantitative estimate of drug-likeness (QED) is 0.324. The normalized spacial score (nSPS) is 13.0. The number of amides is 2. The van der Waals surface area contributed by atoms with Crippen molar-refractivity contribution >= 4 is 34.0 Å². The van der Waals surface area contributed by atoms with Crippen LogP contribution in [0.25, 0.3) is 21.9 Å². The number of imide groups is 1. The summed E-state index contributed by atoms with van der Waals surface area (Å²) in [7, 11) is 0. The van der Waals surface area contributed by atoms with Crippen molar-refractivity contribution in [1.29, 1.82) is 0 Å². The van der Waals surface area contributed by atoms with Crippen molar-refractivity contribution in [2.75, 3.05) is 5.73 Å². The molecule has 0 spiro atoms. The molecule has 0 saturated heterocycles. The van der Waals surface area contributed by atoms with Crippen LogP contribution in [0.15, 0.2) is 48.5 Å². The molecule has 25 heavy (non-hydrogen) atoms. The van der Waals surface area contributed by atoms with Crippen LogP contribution in [-0.2, 0) is 0 Å². The number of hydrogen-bond donors (Lipinski definition) is 2. The molecule has 0 unspecified atom stereocenters. The molecule has 3 aromatic rings. The summed E-state index contributed by atoms with van der Waals surface area (Å²) < 4.78 is 0.